The monoisotopic (exact) mass is 152 g/mol. The molecule has 0 bridgehead atoms. The number of hydrogen-bond donors (Lipinski definition) is 2. The topological polar surface area (TPSA) is 59.1 Å². The minimum absolute atomic E-state index is 0.0370. The average molecular weight is 152 g/mol. The molecule has 1 aromatic rings. The molecule has 0 fully saturated rings. The van der Waals surface area contributed by atoms with Gasteiger partial charge < -0.3 is 10.8 Å². The van der Waals surface area contributed by atoms with Crippen LogP contribution in [-0.2, 0) is 0 Å². The highest BCUT2D eigenvalue weighted by molar-refractivity contribution is 5.16. The van der Waals surface area contributed by atoms with Gasteiger partial charge in [-0.3, -0.25) is 4.98 Å². The lowest BCUT2D eigenvalue weighted by Gasteiger charge is -2.06. The summed E-state index contributed by atoms with van der Waals surface area (Å²) >= 11 is 0. The molecule has 1 aromatic heterocycles. The van der Waals surface area contributed by atoms with E-state index in [4.69, 9.17) is 10.8 Å². The van der Waals surface area contributed by atoms with E-state index in [0.29, 0.717) is 0 Å². The van der Waals surface area contributed by atoms with Gasteiger partial charge in [-0.2, -0.15) is 0 Å². The first-order valence-electron chi connectivity index (χ1n) is 3.53. The molecule has 60 valence electrons. The Bertz CT molecular complexity index is 220. The molecule has 3 N–H and O–H groups in total. The van der Waals surface area contributed by atoms with E-state index in [0.717, 1.165) is 11.3 Å². The lowest BCUT2D eigenvalue weighted by molar-refractivity contribution is 0.268. The van der Waals surface area contributed by atoms with E-state index in [2.05, 4.69) is 4.98 Å². The minimum Gasteiger partial charge on any atom is -0.394 e. The van der Waals surface area contributed by atoms with Gasteiger partial charge in [0, 0.05) is 11.9 Å². The number of hydrogen-bond acceptors (Lipinski definition) is 3. The van der Waals surface area contributed by atoms with Gasteiger partial charge in [-0.15, -0.1) is 0 Å². The molecule has 1 atom stereocenters. The Labute approximate surface area is 65.9 Å². The van der Waals surface area contributed by atoms with Crippen molar-refractivity contribution in [3.05, 3.63) is 29.6 Å². The Morgan fingerprint density at radius 1 is 1.64 bits per heavy atom. The minimum atomic E-state index is -0.303. The SMILES string of the molecule is Cc1ccc([C@@H](N)CO)cn1. The first-order valence-corrected chi connectivity index (χ1v) is 3.53. The van der Waals surface area contributed by atoms with Gasteiger partial charge in [0.15, 0.2) is 0 Å². The van der Waals surface area contributed by atoms with Crippen LogP contribution in [0, 0.1) is 6.92 Å². The van der Waals surface area contributed by atoms with Crippen molar-refractivity contribution in [1.82, 2.24) is 4.98 Å². The van der Waals surface area contributed by atoms with Crippen molar-refractivity contribution in [3.8, 4) is 0 Å². The van der Waals surface area contributed by atoms with E-state index in [9.17, 15) is 0 Å². The smallest absolute Gasteiger partial charge is 0.0624 e. The predicted octanol–water partition coefficient (Wildman–Crippen LogP) is 0.382. The molecule has 0 amide bonds. The van der Waals surface area contributed by atoms with E-state index in [1.165, 1.54) is 0 Å². The Morgan fingerprint density at radius 3 is 2.82 bits per heavy atom. The fraction of sp³-hybridized carbons (Fsp3) is 0.375. The normalized spacial score (nSPS) is 13.0. The van der Waals surface area contributed by atoms with Gasteiger partial charge in [-0.05, 0) is 18.6 Å². The summed E-state index contributed by atoms with van der Waals surface area (Å²) in [6.07, 6.45) is 1.69. The maximum Gasteiger partial charge on any atom is 0.0624 e. The van der Waals surface area contributed by atoms with Crippen LogP contribution in [0.25, 0.3) is 0 Å². The van der Waals surface area contributed by atoms with Gasteiger partial charge in [-0.1, -0.05) is 6.07 Å². The highest BCUT2D eigenvalue weighted by atomic mass is 16.3. The molecule has 0 saturated carbocycles. The maximum absolute atomic E-state index is 8.70. The van der Waals surface area contributed by atoms with Gasteiger partial charge in [0.05, 0.1) is 12.6 Å². The Hall–Kier alpha value is -0.930. The fourth-order valence-corrected chi connectivity index (χ4v) is 0.804. The molecule has 1 heterocycles. The van der Waals surface area contributed by atoms with Crippen molar-refractivity contribution in [2.45, 2.75) is 13.0 Å². The van der Waals surface area contributed by atoms with Crippen LogP contribution >= 0.6 is 0 Å². The first kappa shape index (κ1) is 8.17. The maximum atomic E-state index is 8.70. The molecule has 3 nitrogen and oxygen atoms in total. The van der Waals surface area contributed by atoms with Crippen LogP contribution in [0.4, 0.5) is 0 Å². The second-order valence-electron chi connectivity index (χ2n) is 2.52. The highest BCUT2D eigenvalue weighted by Crippen LogP contribution is 2.07. The second-order valence-corrected chi connectivity index (χ2v) is 2.52. The highest BCUT2D eigenvalue weighted by Gasteiger charge is 2.02. The number of nitrogens with two attached hydrogens (primary N) is 1. The number of nitrogens with zero attached hydrogens (tertiary/aromatic N) is 1. The Morgan fingerprint density at radius 2 is 2.36 bits per heavy atom. The molecule has 0 aliphatic rings. The van der Waals surface area contributed by atoms with Crippen LogP contribution in [0.1, 0.15) is 17.3 Å². The summed E-state index contributed by atoms with van der Waals surface area (Å²) in [6, 6.07) is 3.46. The molecule has 11 heavy (non-hydrogen) atoms. The van der Waals surface area contributed by atoms with E-state index >= 15 is 0 Å². The molecule has 0 saturated heterocycles. The summed E-state index contributed by atoms with van der Waals surface area (Å²) in [7, 11) is 0. The van der Waals surface area contributed by atoms with Crippen molar-refractivity contribution in [2.24, 2.45) is 5.73 Å². The zero-order valence-electron chi connectivity index (χ0n) is 6.49. The first-order chi connectivity index (χ1) is 5.24. The largest absolute Gasteiger partial charge is 0.394 e. The number of aryl methyl sites for hydroxylation is 1. The van der Waals surface area contributed by atoms with Gasteiger partial charge in [0.1, 0.15) is 0 Å². The number of aliphatic hydroxyl groups excluding tert-OH is 1. The quantitative estimate of drug-likeness (QED) is 0.644. The fourth-order valence-electron chi connectivity index (χ4n) is 0.804. The van der Waals surface area contributed by atoms with Crippen LogP contribution in [0.3, 0.4) is 0 Å². The van der Waals surface area contributed by atoms with Crippen LogP contribution in [-0.4, -0.2) is 16.7 Å². The third kappa shape index (κ3) is 2.00. The van der Waals surface area contributed by atoms with Gasteiger partial charge in [0.25, 0.3) is 0 Å². The number of aliphatic hydroxyl groups is 1. The lowest BCUT2D eigenvalue weighted by atomic mass is 10.1. The third-order valence-corrected chi connectivity index (χ3v) is 1.56. The van der Waals surface area contributed by atoms with Crippen molar-refractivity contribution in [3.63, 3.8) is 0 Å². The van der Waals surface area contributed by atoms with Crippen molar-refractivity contribution in [2.75, 3.05) is 6.61 Å². The van der Waals surface area contributed by atoms with Gasteiger partial charge in [-0.25, -0.2) is 0 Å². The third-order valence-electron chi connectivity index (χ3n) is 1.56. The van der Waals surface area contributed by atoms with Gasteiger partial charge >= 0.3 is 0 Å². The number of pyridine rings is 1. The van der Waals surface area contributed by atoms with Crippen LogP contribution < -0.4 is 5.73 Å². The summed E-state index contributed by atoms with van der Waals surface area (Å²) in [4.78, 5) is 4.06. The molecule has 0 aliphatic heterocycles. The van der Waals surface area contributed by atoms with Crippen molar-refractivity contribution < 1.29 is 5.11 Å². The Balaban J connectivity index is 2.81. The molecule has 0 unspecified atom stereocenters. The summed E-state index contributed by atoms with van der Waals surface area (Å²) in [5.41, 5.74) is 7.38. The molecule has 0 aromatic carbocycles. The summed E-state index contributed by atoms with van der Waals surface area (Å²) < 4.78 is 0. The van der Waals surface area contributed by atoms with E-state index < -0.39 is 0 Å². The zero-order chi connectivity index (χ0) is 8.27. The summed E-state index contributed by atoms with van der Waals surface area (Å²) in [6.45, 7) is 1.87. The molecule has 0 radical (unpaired) electrons. The van der Waals surface area contributed by atoms with Crippen LogP contribution in [0.15, 0.2) is 18.3 Å². The summed E-state index contributed by atoms with van der Waals surface area (Å²) in [5.74, 6) is 0. The molecular formula is C8H12N2O. The van der Waals surface area contributed by atoms with E-state index in [1.54, 1.807) is 6.20 Å². The van der Waals surface area contributed by atoms with Crippen LogP contribution in [0.5, 0.6) is 0 Å². The molecular weight excluding hydrogens is 140 g/mol. The second kappa shape index (κ2) is 3.46. The van der Waals surface area contributed by atoms with Crippen LogP contribution in [0.2, 0.25) is 0 Å². The van der Waals surface area contributed by atoms with E-state index in [1.807, 2.05) is 19.1 Å². The molecule has 1 rings (SSSR count). The standard InChI is InChI=1S/C8H12N2O/c1-6-2-3-7(4-10-6)8(9)5-11/h2-4,8,11H,5,9H2,1H3/t8-/m0/s1. The molecule has 0 aliphatic carbocycles. The number of aromatic nitrogens is 1. The van der Waals surface area contributed by atoms with E-state index in [-0.39, 0.29) is 12.6 Å². The number of rotatable bonds is 2. The molecule has 0 spiro atoms. The average Bonchev–Trinajstić information content (AvgIpc) is 2.05. The Kier molecular flexibility index (Phi) is 2.57. The summed E-state index contributed by atoms with van der Waals surface area (Å²) in [5, 5.41) is 8.70. The van der Waals surface area contributed by atoms with Crippen molar-refractivity contribution >= 4 is 0 Å². The molecule has 3 heteroatoms. The lowest BCUT2D eigenvalue weighted by Crippen LogP contribution is -2.14. The zero-order valence-corrected chi connectivity index (χ0v) is 6.49. The van der Waals surface area contributed by atoms with Gasteiger partial charge in [0.2, 0.25) is 0 Å². The van der Waals surface area contributed by atoms with Crippen molar-refractivity contribution in [1.29, 1.82) is 0 Å². The predicted molar refractivity (Wildman–Crippen MR) is 43.0 cm³/mol.